The number of rotatable bonds is 7. The summed E-state index contributed by atoms with van der Waals surface area (Å²) in [6.07, 6.45) is 3.21. The second-order valence-electron chi connectivity index (χ2n) is 5.22. The number of benzene rings is 1. The molecule has 4 heteroatoms. The van der Waals surface area contributed by atoms with Crippen molar-refractivity contribution in [2.24, 2.45) is 0 Å². The fourth-order valence-corrected chi connectivity index (χ4v) is 2.69. The van der Waals surface area contributed by atoms with Crippen LogP contribution in [0.5, 0.6) is 0 Å². The zero-order chi connectivity index (χ0) is 14.4. The highest BCUT2D eigenvalue weighted by Gasteiger charge is 2.46. The lowest BCUT2D eigenvalue weighted by Gasteiger charge is -2.40. The van der Waals surface area contributed by atoms with Gasteiger partial charge in [0.1, 0.15) is 5.82 Å². The lowest BCUT2D eigenvalue weighted by atomic mass is 9.63. The summed E-state index contributed by atoms with van der Waals surface area (Å²) in [6, 6.07) is 6.61. The van der Waals surface area contributed by atoms with Gasteiger partial charge in [-0.05, 0) is 32.3 Å². The number of halogens is 1. The first kappa shape index (κ1) is 15.0. The Morgan fingerprint density at radius 2 is 2.15 bits per heavy atom. The van der Waals surface area contributed by atoms with Crippen LogP contribution in [-0.2, 0) is 14.9 Å². The standard InChI is InChI=1S/C16H22FNO2/c1-2-20-12-6-11-18-15(19)16(9-5-10-16)13-7-3-4-8-14(13)17/h3-4,7-8H,2,5-6,9-12H2,1H3,(H,18,19). The van der Waals surface area contributed by atoms with Crippen molar-refractivity contribution in [3.8, 4) is 0 Å². The molecule has 0 atom stereocenters. The van der Waals surface area contributed by atoms with Crippen molar-refractivity contribution >= 4 is 5.91 Å². The minimum atomic E-state index is -0.656. The van der Waals surface area contributed by atoms with Crippen LogP contribution in [0.25, 0.3) is 0 Å². The summed E-state index contributed by atoms with van der Waals surface area (Å²) in [6.45, 7) is 3.85. The highest BCUT2D eigenvalue weighted by atomic mass is 19.1. The second-order valence-corrected chi connectivity index (χ2v) is 5.22. The summed E-state index contributed by atoms with van der Waals surface area (Å²) in [5, 5.41) is 2.92. The van der Waals surface area contributed by atoms with Crippen LogP contribution < -0.4 is 5.32 Å². The van der Waals surface area contributed by atoms with Gasteiger partial charge in [0, 0.05) is 25.3 Å². The molecule has 1 aliphatic carbocycles. The number of carbonyl (C=O) groups is 1. The minimum absolute atomic E-state index is 0.0506. The molecular formula is C16H22FNO2. The van der Waals surface area contributed by atoms with Crippen LogP contribution in [0.1, 0.15) is 38.2 Å². The Kier molecular flexibility index (Phi) is 5.12. The Bertz CT molecular complexity index is 458. The first-order valence-electron chi connectivity index (χ1n) is 7.32. The number of hydrogen-bond donors (Lipinski definition) is 1. The molecule has 1 aromatic rings. The van der Waals surface area contributed by atoms with Crippen LogP contribution in [-0.4, -0.2) is 25.7 Å². The summed E-state index contributed by atoms with van der Waals surface area (Å²) in [5.74, 6) is -0.331. The Morgan fingerprint density at radius 1 is 1.40 bits per heavy atom. The highest BCUT2D eigenvalue weighted by molar-refractivity contribution is 5.89. The Labute approximate surface area is 119 Å². The van der Waals surface area contributed by atoms with Crippen LogP contribution in [0.15, 0.2) is 24.3 Å². The van der Waals surface area contributed by atoms with Crippen LogP contribution >= 0.6 is 0 Å². The molecule has 1 amide bonds. The van der Waals surface area contributed by atoms with Gasteiger partial charge in [-0.3, -0.25) is 4.79 Å². The maximum absolute atomic E-state index is 14.0. The van der Waals surface area contributed by atoms with Crippen molar-refractivity contribution in [2.45, 2.75) is 38.0 Å². The van der Waals surface area contributed by atoms with Crippen molar-refractivity contribution in [3.63, 3.8) is 0 Å². The SMILES string of the molecule is CCOCCCNC(=O)C1(c2ccccc2F)CCC1. The van der Waals surface area contributed by atoms with Crippen LogP contribution in [0.2, 0.25) is 0 Å². The Hall–Kier alpha value is -1.42. The average Bonchev–Trinajstić information content (AvgIpc) is 2.39. The van der Waals surface area contributed by atoms with Gasteiger partial charge in [-0.25, -0.2) is 4.39 Å². The van der Waals surface area contributed by atoms with E-state index in [1.54, 1.807) is 18.2 Å². The lowest BCUT2D eigenvalue weighted by molar-refractivity contribution is -0.130. The fraction of sp³-hybridized carbons (Fsp3) is 0.562. The van der Waals surface area contributed by atoms with E-state index in [0.29, 0.717) is 25.3 Å². The molecule has 0 unspecified atom stereocenters. The van der Waals surface area contributed by atoms with E-state index in [9.17, 15) is 9.18 Å². The molecule has 1 fully saturated rings. The van der Waals surface area contributed by atoms with E-state index < -0.39 is 5.41 Å². The zero-order valence-corrected chi connectivity index (χ0v) is 12.0. The molecule has 0 bridgehead atoms. The van der Waals surface area contributed by atoms with E-state index in [4.69, 9.17) is 4.74 Å². The molecule has 1 aromatic carbocycles. The smallest absolute Gasteiger partial charge is 0.230 e. The minimum Gasteiger partial charge on any atom is -0.382 e. The highest BCUT2D eigenvalue weighted by Crippen LogP contribution is 2.44. The van der Waals surface area contributed by atoms with Gasteiger partial charge in [0.2, 0.25) is 5.91 Å². The van der Waals surface area contributed by atoms with Gasteiger partial charge in [-0.1, -0.05) is 24.6 Å². The van der Waals surface area contributed by atoms with Crippen molar-refractivity contribution in [1.82, 2.24) is 5.32 Å². The van der Waals surface area contributed by atoms with E-state index in [0.717, 1.165) is 25.7 Å². The van der Waals surface area contributed by atoms with Crippen molar-refractivity contribution < 1.29 is 13.9 Å². The predicted molar refractivity (Wildman–Crippen MR) is 76.0 cm³/mol. The number of ether oxygens (including phenoxy) is 1. The molecule has 0 saturated heterocycles. The molecule has 2 rings (SSSR count). The third kappa shape index (κ3) is 3.01. The second kappa shape index (κ2) is 6.84. The van der Waals surface area contributed by atoms with Gasteiger partial charge >= 0.3 is 0 Å². The molecular weight excluding hydrogens is 257 g/mol. The van der Waals surface area contributed by atoms with Gasteiger partial charge in [0.15, 0.2) is 0 Å². The van der Waals surface area contributed by atoms with Gasteiger partial charge in [-0.2, -0.15) is 0 Å². The zero-order valence-electron chi connectivity index (χ0n) is 12.0. The number of hydrogen-bond acceptors (Lipinski definition) is 2. The third-order valence-corrected chi connectivity index (χ3v) is 3.99. The molecule has 0 spiro atoms. The van der Waals surface area contributed by atoms with E-state index in [-0.39, 0.29) is 11.7 Å². The molecule has 0 aliphatic heterocycles. The number of carbonyl (C=O) groups excluding carboxylic acids is 1. The van der Waals surface area contributed by atoms with Gasteiger partial charge < -0.3 is 10.1 Å². The molecule has 0 aromatic heterocycles. The van der Waals surface area contributed by atoms with Crippen molar-refractivity contribution in [2.75, 3.05) is 19.8 Å². The van der Waals surface area contributed by atoms with Crippen LogP contribution in [0, 0.1) is 5.82 Å². The topological polar surface area (TPSA) is 38.3 Å². The van der Waals surface area contributed by atoms with Crippen LogP contribution in [0.3, 0.4) is 0 Å². The summed E-state index contributed by atoms with van der Waals surface area (Å²) in [7, 11) is 0. The summed E-state index contributed by atoms with van der Waals surface area (Å²) in [5.41, 5.74) is -0.120. The molecule has 1 N–H and O–H groups in total. The molecule has 0 heterocycles. The monoisotopic (exact) mass is 279 g/mol. The molecule has 3 nitrogen and oxygen atoms in total. The van der Waals surface area contributed by atoms with Gasteiger partial charge in [0.25, 0.3) is 0 Å². The summed E-state index contributed by atoms with van der Waals surface area (Å²) >= 11 is 0. The van der Waals surface area contributed by atoms with E-state index >= 15 is 0 Å². The molecule has 20 heavy (non-hydrogen) atoms. The Balaban J connectivity index is 1.97. The van der Waals surface area contributed by atoms with Crippen molar-refractivity contribution in [1.29, 1.82) is 0 Å². The molecule has 110 valence electrons. The first-order chi connectivity index (χ1) is 9.70. The predicted octanol–water partition coefficient (Wildman–Crippen LogP) is 2.79. The number of amides is 1. The van der Waals surface area contributed by atoms with Gasteiger partial charge in [-0.15, -0.1) is 0 Å². The van der Waals surface area contributed by atoms with E-state index in [1.807, 2.05) is 6.92 Å². The lowest BCUT2D eigenvalue weighted by Crippen LogP contribution is -2.50. The third-order valence-electron chi connectivity index (χ3n) is 3.99. The molecule has 0 radical (unpaired) electrons. The quantitative estimate of drug-likeness (QED) is 0.779. The number of nitrogens with one attached hydrogen (secondary N) is 1. The van der Waals surface area contributed by atoms with Crippen LogP contribution in [0.4, 0.5) is 4.39 Å². The fourth-order valence-electron chi connectivity index (χ4n) is 2.69. The van der Waals surface area contributed by atoms with Gasteiger partial charge in [0.05, 0.1) is 5.41 Å². The maximum atomic E-state index is 14.0. The normalized spacial score (nSPS) is 16.5. The molecule has 1 saturated carbocycles. The van der Waals surface area contributed by atoms with E-state index in [2.05, 4.69) is 5.32 Å². The average molecular weight is 279 g/mol. The summed E-state index contributed by atoms with van der Waals surface area (Å²) in [4.78, 5) is 12.4. The molecule has 1 aliphatic rings. The largest absolute Gasteiger partial charge is 0.382 e. The van der Waals surface area contributed by atoms with E-state index in [1.165, 1.54) is 6.07 Å². The summed E-state index contributed by atoms with van der Waals surface area (Å²) < 4.78 is 19.2. The Morgan fingerprint density at radius 3 is 2.75 bits per heavy atom. The first-order valence-corrected chi connectivity index (χ1v) is 7.32. The maximum Gasteiger partial charge on any atom is 0.230 e. The van der Waals surface area contributed by atoms with Crippen molar-refractivity contribution in [3.05, 3.63) is 35.6 Å².